The van der Waals surface area contributed by atoms with Crippen LogP contribution in [0.25, 0.3) is 0 Å². The van der Waals surface area contributed by atoms with Crippen LogP contribution in [-0.4, -0.2) is 77.5 Å². The Morgan fingerprint density at radius 1 is 0.750 bits per heavy atom. The predicted molar refractivity (Wildman–Crippen MR) is 60.6 cm³/mol. The third-order valence-corrected chi connectivity index (χ3v) is 2.16. The van der Waals surface area contributed by atoms with Crippen molar-refractivity contribution < 1.29 is 29.9 Å². The standard InChI is InChI=1S/C9H20O6S/c10-1-7(2-11)14-5-9(16)6-15-8(3-12)4-13/h7-13,16H,1-6H2. The molecule has 0 heterocycles. The van der Waals surface area contributed by atoms with Crippen molar-refractivity contribution in [2.75, 3.05) is 39.6 Å². The molecule has 0 aliphatic heterocycles. The molecule has 0 saturated heterocycles. The Balaban J connectivity index is 3.61. The second-order valence-electron chi connectivity index (χ2n) is 3.29. The van der Waals surface area contributed by atoms with Gasteiger partial charge in [0.2, 0.25) is 0 Å². The molecule has 4 N–H and O–H groups in total. The molecule has 0 aromatic carbocycles. The molecule has 0 radical (unpaired) electrons. The molecule has 0 unspecified atom stereocenters. The van der Waals surface area contributed by atoms with Gasteiger partial charge in [0.05, 0.1) is 39.6 Å². The summed E-state index contributed by atoms with van der Waals surface area (Å²) in [5.74, 6) is 0. The number of ether oxygens (including phenoxy) is 2. The van der Waals surface area contributed by atoms with E-state index >= 15 is 0 Å². The summed E-state index contributed by atoms with van der Waals surface area (Å²) in [6, 6.07) is 0. The first-order valence-electron chi connectivity index (χ1n) is 5.02. The van der Waals surface area contributed by atoms with Crippen LogP contribution in [0.1, 0.15) is 0 Å². The van der Waals surface area contributed by atoms with Gasteiger partial charge in [0.1, 0.15) is 12.2 Å². The number of hydrogen-bond donors (Lipinski definition) is 5. The molecule has 6 nitrogen and oxygen atoms in total. The lowest BCUT2D eigenvalue weighted by molar-refractivity contribution is -0.0442. The zero-order valence-electron chi connectivity index (χ0n) is 9.03. The predicted octanol–water partition coefficient (Wildman–Crippen LogP) is -1.98. The topological polar surface area (TPSA) is 99.4 Å². The van der Waals surface area contributed by atoms with Crippen LogP contribution in [0.15, 0.2) is 0 Å². The molecule has 0 rings (SSSR count). The van der Waals surface area contributed by atoms with Gasteiger partial charge >= 0.3 is 0 Å². The van der Waals surface area contributed by atoms with E-state index in [1.165, 1.54) is 0 Å². The second-order valence-corrected chi connectivity index (χ2v) is 4.03. The Morgan fingerprint density at radius 3 is 1.31 bits per heavy atom. The Morgan fingerprint density at radius 2 is 1.06 bits per heavy atom. The fourth-order valence-electron chi connectivity index (χ4n) is 0.869. The molecule has 98 valence electrons. The summed E-state index contributed by atoms with van der Waals surface area (Å²) in [7, 11) is 0. The van der Waals surface area contributed by atoms with Crippen molar-refractivity contribution in [3.05, 3.63) is 0 Å². The van der Waals surface area contributed by atoms with E-state index in [1.807, 2.05) is 0 Å². The molecule has 0 amide bonds. The largest absolute Gasteiger partial charge is 0.394 e. The first kappa shape index (κ1) is 16.1. The molecule has 0 spiro atoms. The van der Waals surface area contributed by atoms with Gasteiger partial charge in [-0.3, -0.25) is 0 Å². The summed E-state index contributed by atoms with van der Waals surface area (Å²) in [6.45, 7) is -0.611. The highest BCUT2D eigenvalue weighted by molar-refractivity contribution is 7.81. The Kier molecular flexibility index (Phi) is 10.3. The van der Waals surface area contributed by atoms with E-state index in [9.17, 15) is 0 Å². The smallest absolute Gasteiger partial charge is 0.104 e. The van der Waals surface area contributed by atoms with E-state index in [2.05, 4.69) is 12.6 Å². The molecule has 0 aliphatic carbocycles. The molecule has 0 fully saturated rings. The summed E-state index contributed by atoms with van der Waals surface area (Å²) >= 11 is 4.16. The van der Waals surface area contributed by atoms with Crippen LogP contribution in [0.2, 0.25) is 0 Å². The highest BCUT2D eigenvalue weighted by Crippen LogP contribution is 2.02. The number of thiol groups is 1. The fourth-order valence-corrected chi connectivity index (χ4v) is 1.04. The van der Waals surface area contributed by atoms with Crippen LogP contribution in [0.3, 0.4) is 0 Å². The number of aliphatic hydroxyl groups is 4. The minimum atomic E-state index is -0.610. The summed E-state index contributed by atoms with van der Waals surface area (Å²) in [5, 5.41) is 34.7. The van der Waals surface area contributed by atoms with Crippen molar-refractivity contribution in [1.29, 1.82) is 0 Å². The molecule has 0 aliphatic rings. The third kappa shape index (κ3) is 7.39. The van der Waals surface area contributed by atoms with Gasteiger partial charge in [-0.1, -0.05) is 0 Å². The first-order valence-corrected chi connectivity index (χ1v) is 5.54. The zero-order chi connectivity index (χ0) is 12.4. The first-order chi connectivity index (χ1) is 7.67. The molecule has 0 atom stereocenters. The van der Waals surface area contributed by atoms with E-state index in [4.69, 9.17) is 29.9 Å². The van der Waals surface area contributed by atoms with E-state index in [1.54, 1.807) is 0 Å². The van der Waals surface area contributed by atoms with E-state index < -0.39 is 12.2 Å². The van der Waals surface area contributed by atoms with Gasteiger partial charge in [-0.25, -0.2) is 0 Å². The van der Waals surface area contributed by atoms with Crippen molar-refractivity contribution in [2.24, 2.45) is 0 Å². The monoisotopic (exact) mass is 256 g/mol. The molecule has 0 bridgehead atoms. The van der Waals surface area contributed by atoms with Crippen molar-refractivity contribution in [3.8, 4) is 0 Å². The van der Waals surface area contributed by atoms with Crippen molar-refractivity contribution in [2.45, 2.75) is 17.5 Å². The molecule has 0 aromatic heterocycles. The summed E-state index contributed by atoms with van der Waals surface area (Å²) < 4.78 is 10.2. The van der Waals surface area contributed by atoms with Crippen LogP contribution in [0, 0.1) is 0 Å². The van der Waals surface area contributed by atoms with Gasteiger partial charge in [0.25, 0.3) is 0 Å². The minimum Gasteiger partial charge on any atom is -0.394 e. The Hall–Kier alpha value is 0.110. The average Bonchev–Trinajstić information content (AvgIpc) is 2.31. The van der Waals surface area contributed by atoms with Crippen molar-refractivity contribution in [3.63, 3.8) is 0 Å². The van der Waals surface area contributed by atoms with Gasteiger partial charge in [0, 0.05) is 5.25 Å². The van der Waals surface area contributed by atoms with E-state index in [-0.39, 0.29) is 44.9 Å². The summed E-state index contributed by atoms with van der Waals surface area (Å²) in [6.07, 6.45) is -1.22. The van der Waals surface area contributed by atoms with Crippen LogP contribution >= 0.6 is 12.6 Å². The summed E-state index contributed by atoms with van der Waals surface area (Å²) in [5.41, 5.74) is 0. The van der Waals surface area contributed by atoms with Gasteiger partial charge in [-0.05, 0) is 0 Å². The number of rotatable bonds is 10. The highest BCUT2D eigenvalue weighted by Gasteiger charge is 2.12. The molecule has 16 heavy (non-hydrogen) atoms. The Bertz CT molecular complexity index is 135. The van der Waals surface area contributed by atoms with Gasteiger partial charge in [-0.2, -0.15) is 12.6 Å². The van der Waals surface area contributed by atoms with Crippen molar-refractivity contribution in [1.82, 2.24) is 0 Å². The highest BCUT2D eigenvalue weighted by atomic mass is 32.1. The van der Waals surface area contributed by atoms with Crippen LogP contribution in [0.5, 0.6) is 0 Å². The number of hydrogen-bond acceptors (Lipinski definition) is 7. The maximum absolute atomic E-state index is 8.73. The van der Waals surface area contributed by atoms with Crippen LogP contribution < -0.4 is 0 Å². The average molecular weight is 256 g/mol. The quantitative estimate of drug-likeness (QED) is 0.291. The van der Waals surface area contributed by atoms with E-state index in [0.717, 1.165) is 0 Å². The van der Waals surface area contributed by atoms with Gasteiger partial charge < -0.3 is 29.9 Å². The van der Waals surface area contributed by atoms with Gasteiger partial charge in [0.15, 0.2) is 0 Å². The van der Waals surface area contributed by atoms with Crippen LogP contribution in [0.4, 0.5) is 0 Å². The lowest BCUT2D eigenvalue weighted by Gasteiger charge is -2.18. The molecule has 0 saturated carbocycles. The maximum atomic E-state index is 8.73. The summed E-state index contributed by atoms with van der Waals surface area (Å²) in [4.78, 5) is 0. The fraction of sp³-hybridized carbons (Fsp3) is 1.00. The normalized spacial score (nSPS) is 12.0. The molecular formula is C9H20O6S. The third-order valence-electron chi connectivity index (χ3n) is 1.86. The molecular weight excluding hydrogens is 236 g/mol. The van der Waals surface area contributed by atoms with Crippen LogP contribution in [-0.2, 0) is 9.47 Å². The lowest BCUT2D eigenvalue weighted by Crippen LogP contribution is -2.30. The lowest BCUT2D eigenvalue weighted by atomic mass is 10.4. The molecule has 7 heteroatoms. The second kappa shape index (κ2) is 10.3. The van der Waals surface area contributed by atoms with E-state index in [0.29, 0.717) is 0 Å². The minimum absolute atomic E-state index is 0.207. The maximum Gasteiger partial charge on any atom is 0.104 e. The SMILES string of the molecule is OCC(CO)OCC(S)COC(CO)CO. The number of aliphatic hydroxyl groups excluding tert-OH is 4. The van der Waals surface area contributed by atoms with Gasteiger partial charge in [-0.15, -0.1) is 0 Å². The molecule has 0 aromatic rings. The zero-order valence-corrected chi connectivity index (χ0v) is 9.92. The Labute approximate surface area is 100 Å². The van der Waals surface area contributed by atoms with Crippen molar-refractivity contribution >= 4 is 12.6 Å².